The average Bonchev–Trinajstić information content (AvgIpc) is 1.61. The maximum atomic E-state index is 6.43. The number of rotatable bonds is 2. The van der Waals surface area contributed by atoms with Gasteiger partial charge in [-0.3, -0.25) is 5.41 Å². The zero-order valence-electron chi connectivity index (χ0n) is 4.31. The number of hydrogen-bond donors (Lipinski definition) is 1. The average molecular weight is 96.1 g/mol. The third-order valence-electron chi connectivity index (χ3n) is 0.369. The molecular weight excluding hydrogens is 88.1 g/mol. The minimum atomic E-state index is 0.864. The van der Waals surface area contributed by atoms with E-state index < -0.39 is 0 Å². The molecule has 0 rings (SSSR count). The molecule has 0 fully saturated rings. The predicted molar refractivity (Wildman–Crippen MR) is 32.1 cm³/mol. The molecule has 0 unspecified atom stereocenters. The van der Waals surface area contributed by atoms with Gasteiger partial charge in [0.2, 0.25) is 0 Å². The highest BCUT2D eigenvalue weighted by Gasteiger charge is 1.67. The maximum Gasteiger partial charge on any atom is 0.106 e. The van der Waals surface area contributed by atoms with Crippen LogP contribution in [0.25, 0.3) is 0 Å². The summed E-state index contributed by atoms with van der Waals surface area (Å²) >= 11 is 0. The first kappa shape index (κ1) is 6.08. The SMILES string of the molecule is C=C(C)/C=N\C=N. The summed E-state index contributed by atoms with van der Waals surface area (Å²) in [5, 5.41) is 6.43. The molecule has 0 aliphatic heterocycles. The maximum absolute atomic E-state index is 6.43. The lowest BCUT2D eigenvalue weighted by Gasteiger charge is -1.75. The summed E-state index contributed by atoms with van der Waals surface area (Å²) in [4.78, 5) is 3.49. The third kappa shape index (κ3) is 5.08. The Hall–Kier alpha value is -0.920. The summed E-state index contributed by atoms with van der Waals surface area (Å²) in [5.74, 6) is 0. The minimum absolute atomic E-state index is 0.864. The number of nitrogens with zero attached hydrogens (tertiary/aromatic N) is 1. The van der Waals surface area contributed by atoms with Crippen LogP contribution in [0, 0.1) is 5.41 Å². The Morgan fingerprint density at radius 1 is 1.86 bits per heavy atom. The first-order chi connectivity index (χ1) is 3.27. The summed E-state index contributed by atoms with van der Waals surface area (Å²) in [6.45, 7) is 5.37. The highest BCUT2D eigenvalue weighted by molar-refractivity contribution is 5.82. The molecule has 1 N–H and O–H groups in total. The van der Waals surface area contributed by atoms with Crippen LogP contribution in [-0.2, 0) is 0 Å². The molecule has 0 heterocycles. The van der Waals surface area contributed by atoms with Crippen molar-refractivity contribution in [3.8, 4) is 0 Å². The van der Waals surface area contributed by atoms with Crippen LogP contribution in [-0.4, -0.2) is 12.6 Å². The lowest BCUT2D eigenvalue weighted by atomic mass is 10.4. The molecule has 2 heteroatoms. The van der Waals surface area contributed by atoms with Crippen molar-refractivity contribution in [2.45, 2.75) is 6.92 Å². The fourth-order valence-corrected chi connectivity index (χ4v) is 0.165. The molecule has 0 aromatic heterocycles. The van der Waals surface area contributed by atoms with Gasteiger partial charge in [0.25, 0.3) is 0 Å². The Kier molecular flexibility index (Phi) is 2.85. The highest BCUT2D eigenvalue weighted by Crippen LogP contribution is 1.75. The number of nitrogens with one attached hydrogen (secondary N) is 1. The van der Waals surface area contributed by atoms with Gasteiger partial charge < -0.3 is 0 Å². The number of allylic oxidation sites excluding steroid dienone is 1. The van der Waals surface area contributed by atoms with E-state index in [2.05, 4.69) is 11.6 Å². The molecule has 0 aromatic rings. The van der Waals surface area contributed by atoms with Crippen molar-refractivity contribution in [1.82, 2.24) is 0 Å². The summed E-state index contributed by atoms with van der Waals surface area (Å²) in [6, 6.07) is 0. The van der Waals surface area contributed by atoms with E-state index in [0.29, 0.717) is 0 Å². The van der Waals surface area contributed by atoms with E-state index in [1.54, 1.807) is 0 Å². The second kappa shape index (κ2) is 3.28. The molecule has 0 saturated carbocycles. The molecule has 0 radical (unpaired) electrons. The van der Waals surface area contributed by atoms with Crippen LogP contribution in [0.2, 0.25) is 0 Å². The normalized spacial score (nSPS) is 9.29. The second-order valence-corrected chi connectivity index (χ2v) is 1.25. The van der Waals surface area contributed by atoms with Crippen molar-refractivity contribution < 1.29 is 0 Å². The summed E-state index contributed by atoms with van der Waals surface area (Å²) < 4.78 is 0. The molecule has 0 atom stereocenters. The molecule has 0 amide bonds. The Morgan fingerprint density at radius 3 is 2.57 bits per heavy atom. The molecule has 38 valence electrons. The first-order valence-corrected chi connectivity index (χ1v) is 1.95. The van der Waals surface area contributed by atoms with Crippen LogP contribution in [0.4, 0.5) is 0 Å². The topological polar surface area (TPSA) is 36.2 Å². The Balaban J connectivity index is 3.46. The molecular formula is C5H8N2. The van der Waals surface area contributed by atoms with Gasteiger partial charge in [0, 0.05) is 6.21 Å². The van der Waals surface area contributed by atoms with Crippen molar-refractivity contribution in [1.29, 1.82) is 5.41 Å². The largest absolute Gasteiger partial charge is 0.290 e. The minimum Gasteiger partial charge on any atom is -0.290 e. The van der Waals surface area contributed by atoms with Crippen LogP contribution < -0.4 is 0 Å². The van der Waals surface area contributed by atoms with E-state index in [0.717, 1.165) is 11.9 Å². The molecule has 0 saturated heterocycles. The van der Waals surface area contributed by atoms with Gasteiger partial charge in [0.05, 0.1) is 0 Å². The first-order valence-electron chi connectivity index (χ1n) is 1.95. The van der Waals surface area contributed by atoms with Crippen LogP contribution in [0.3, 0.4) is 0 Å². The van der Waals surface area contributed by atoms with E-state index in [1.807, 2.05) is 6.92 Å². The van der Waals surface area contributed by atoms with Crippen LogP contribution in [0.1, 0.15) is 6.92 Å². The summed E-state index contributed by atoms with van der Waals surface area (Å²) in [5.41, 5.74) is 0.864. The Labute approximate surface area is 43.1 Å². The van der Waals surface area contributed by atoms with Crippen LogP contribution in [0.5, 0.6) is 0 Å². The van der Waals surface area contributed by atoms with Gasteiger partial charge in [0.15, 0.2) is 0 Å². The Morgan fingerprint density at radius 2 is 2.43 bits per heavy atom. The van der Waals surface area contributed by atoms with Gasteiger partial charge in [-0.25, -0.2) is 4.99 Å². The van der Waals surface area contributed by atoms with Crippen molar-refractivity contribution in [2.75, 3.05) is 0 Å². The van der Waals surface area contributed by atoms with Gasteiger partial charge in [-0.05, 0) is 12.5 Å². The van der Waals surface area contributed by atoms with Crippen molar-refractivity contribution in [3.05, 3.63) is 12.2 Å². The second-order valence-electron chi connectivity index (χ2n) is 1.25. The lowest BCUT2D eigenvalue weighted by Crippen LogP contribution is -1.71. The molecule has 0 bridgehead atoms. The van der Waals surface area contributed by atoms with Gasteiger partial charge in [-0.15, -0.1) is 0 Å². The zero-order chi connectivity index (χ0) is 5.70. The van der Waals surface area contributed by atoms with E-state index in [-0.39, 0.29) is 0 Å². The molecule has 0 spiro atoms. The van der Waals surface area contributed by atoms with E-state index in [4.69, 9.17) is 5.41 Å². The van der Waals surface area contributed by atoms with E-state index >= 15 is 0 Å². The predicted octanol–water partition coefficient (Wildman–Crippen LogP) is 1.24. The van der Waals surface area contributed by atoms with Gasteiger partial charge >= 0.3 is 0 Å². The molecule has 2 nitrogen and oxygen atoms in total. The highest BCUT2D eigenvalue weighted by atomic mass is 14.7. The van der Waals surface area contributed by atoms with Crippen molar-refractivity contribution in [2.24, 2.45) is 4.99 Å². The quantitative estimate of drug-likeness (QED) is 0.396. The monoisotopic (exact) mass is 96.1 g/mol. The fourth-order valence-electron chi connectivity index (χ4n) is 0.165. The van der Waals surface area contributed by atoms with Gasteiger partial charge in [-0.1, -0.05) is 6.58 Å². The van der Waals surface area contributed by atoms with E-state index in [1.165, 1.54) is 6.21 Å². The number of hydrogen-bond acceptors (Lipinski definition) is 1. The van der Waals surface area contributed by atoms with Crippen molar-refractivity contribution >= 4 is 12.6 Å². The molecule has 7 heavy (non-hydrogen) atoms. The molecule has 0 aliphatic carbocycles. The fraction of sp³-hybridized carbons (Fsp3) is 0.200. The summed E-state index contributed by atoms with van der Waals surface area (Å²) in [6.07, 6.45) is 2.52. The Bertz CT molecular complexity index is 103. The standard InChI is InChI=1S/C5H8N2/c1-5(2)3-7-4-6/h3-4,6H,1H2,2H3/b6-4?,7-3-. The number of aliphatic imine (C=N–C) groups is 1. The van der Waals surface area contributed by atoms with Crippen LogP contribution in [0.15, 0.2) is 17.1 Å². The van der Waals surface area contributed by atoms with Crippen molar-refractivity contribution in [3.63, 3.8) is 0 Å². The molecule has 0 aliphatic rings. The van der Waals surface area contributed by atoms with Crippen LogP contribution >= 0.6 is 0 Å². The van der Waals surface area contributed by atoms with Gasteiger partial charge in [0.1, 0.15) is 6.34 Å². The van der Waals surface area contributed by atoms with E-state index in [9.17, 15) is 0 Å². The third-order valence-corrected chi connectivity index (χ3v) is 0.369. The summed E-state index contributed by atoms with van der Waals surface area (Å²) in [7, 11) is 0. The smallest absolute Gasteiger partial charge is 0.106 e. The zero-order valence-corrected chi connectivity index (χ0v) is 4.31. The molecule has 0 aromatic carbocycles. The lowest BCUT2D eigenvalue weighted by molar-refractivity contribution is 1.51. The van der Waals surface area contributed by atoms with Gasteiger partial charge in [-0.2, -0.15) is 0 Å².